The van der Waals surface area contributed by atoms with Crippen molar-refractivity contribution in [3.05, 3.63) is 119 Å². The van der Waals surface area contributed by atoms with Crippen LogP contribution in [0.3, 0.4) is 0 Å². The monoisotopic (exact) mass is 408 g/mol. The zero-order valence-corrected chi connectivity index (χ0v) is 16.4. The quantitative estimate of drug-likeness (QED) is 0.322. The summed E-state index contributed by atoms with van der Waals surface area (Å²) in [7, 11) is 0. The second-order valence-corrected chi connectivity index (χ2v) is 9.21. The van der Waals surface area contributed by atoms with Crippen LogP contribution < -0.4 is 8.92 Å². The van der Waals surface area contributed by atoms with Gasteiger partial charge in [0.15, 0.2) is 0 Å². The third-order valence-electron chi connectivity index (χ3n) is 5.47. The third-order valence-corrected chi connectivity index (χ3v) is 7.88. The molecule has 1 aliphatic carbocycles. The Kier molecular flexibility index (Phi) is 3.28. The van der Waals surface area contributed by atoms with E-state index in [1.54, 1.807) is 0 Å². The molecule has 0 spiro atoms. The standard InChI is InChI=1S/C26H16Se/c1-3-11-19-17(9-1)18-10-2-4-12-20(18)25(19)26-21-13-5-7-15-23(21)27-24-16-8-6-14-22(24)26/h1-16H. The maximum atomic E-state index is 2.30. The topological polar surface area (TPSA) is 0 Å². The van der Waals surface area contributed by atoms with Gasteiger partial charge in [-0.15, -0.1) is 0 Å². The molecule has 27 heavy (non-hydrogen) atoms. The molecule has 0 saturated heterocycles. The summed E-state index contributed by atoms with van der Waals surface area (Å²) in [6, 6.07) is 35.6. The van der Waals surface area contributed by atoms with Gasteiger partial charge >= 0.3 is 165 Å². The fraction of sp³-hybridized carbons (Fsp3) is 0. The summed E-state index contributed by atoms with van der Waals surface area (Å²) in [4.78, 5) is 0. The molecule has 1 aliphatic heterocycles. The van der Waals surface area contributed by atoms with Gasteiger partial charge in [-0.05, 0) is 0 Å². The van der Waals surface area contributed by atoms with Gasteiger partial charge in [-0.2, -0.15) is 0 Å². The molecule has 0 nitrogen and oxygen atoms in total. The molecular weight excluding hydrogens is 391 g/mol. The van der Waals surface area contributed by atoms with Crippen LogP contribution in [0.15, 0.2) is 97.1 Å². The molecule has 0 aromatic heterocycles. The predicted octanol–water partition coefficient (Wildman–Crippen LogP) is 4.64. The Balaban J connectivity index is 1.81. The van der Waals surface area contributed by atoms with Crippen molar-refractivity contribution in [1.29, 1.82) is 0 Å². The van der Waals surface area contributed by atoms with Crippen molar-refractivity contribution in [2.45, 2.75) is 0 Å². The Bertz CT molecular complexity index is 1150. The van der Waals surface area contributed by atoms with Gasteiger partial charge in [0.25, 0.3) is 0 Å². The Labute approximate surface area is 165 Å². The first-order chi connectivity index (χ1) is 13.4. The minimum atomic E-state index is 0.356. The van der Waals surface area contributed by atoms with Crippen LogP contribution in [0.25, 0.3) is 22.3 Å². The van der Waals surface area contributed by atoms with E-state index < -0.39 is 0 Å². The number of benzene rings is 4. The van der Waals surface area contributed by atoms with Crippen molar-refractivity contribution in [2.24, 2.45) is 0 Å². The van der Waals surface area contributed by atoms with Crippen molar-refractivity contribution in [1.82, 2.24) is 0 Å². The second-order valence-electron chi connectivity index (χ2n) is 6.94. The van der Waals surface area contributed by atoms with Crippen LogP contribution in [0.5, 0.6) is 0 Å². The van der Waals surface area contributed by atoms with Gasteiger partial charge < -0.3 is 0 Å². The molecule has 0 fully saturated rings. The molecular formula is C26H16Se. The van der Waals surface area contributed by atoms with E-state index in [0.717, 1.165) is 0 Å². The van der Waals surface area contributed by atoms with Crippen LogP contribution in [-0.4, -0.2) is 15.0 Å². The van der Waals surface area contributed by atoms with Crippen molar-refractivity contribution in [2.75, 3.05) is 0 Å². The van der Waals surface area contributed by atoms with E-state index in [-0.39, 0.29) is 0 Å². The molecule has 4 aromatic carbocycles. The van der Waals surface area contributed by atoms with E-state index in [9.17, 15) is 0 Å². The van der Waals surface area contributed by atoms with Gasteiger partial charge in [0, 0.05) is 0 Å². The van der Waals surface area contributed by atoms with Crippen molar-refractivity contribution < 1.29 is 0 Å². The summed E-state index contributed by atoms with van der Waals surface area (Å²) in [6.45, 7) is 0. The van der Waals surface area contributed by atoms with Crippen LogP contribution in [-0.2, 0) is 0 Å². The zero-order chi connectivity index (χ0) is 17.8. The fourth-order valence-corrected chi connectivity index (χ4v) is 6.63. The van der Waals surface area contributed by atoms with Crippen molar-refractivity contribution in [3.8, 4) is 11.1 Å². The molecule has 6 rings (SSSR count). The summed E-state index contributed by atoms with van der Waals surface area (Å²) in [5, 5.41) is 0. The van der Waals surface area contributed by atoms with E-state index >= 15 is 0 Å². The molecule has 126 valence electrons. The average molecular weight is 407 g/mol. The van der Waals surface area contributed by atoms with E-state index in [1.807, 2.05) is 0 Å². The summed E-state index contributed by atoms with van der Waals surface area (Å²) in [5.41, 5.74) is 11.0. The van der Waals surface area contributed by atoms with Gasteiger partial charge in [-0.3, -0.25) is 0 Å². The van der Waals surface area contributed by atoms with Gasteiger partial charge in [-0.1, -0.05) is 0 Å². The Morgan fingerprint density at radius 2 is 0.667 bits per heavy atom. The van der Waals surface area contributed by atoms with Gasteiger partial charge in [0.05, 0.1) is 0 Å². The number of rotatable bonds is 0. The number of hydrogen-bond acceptors (Lipinski definition) is 0. The molecule has 0 radical (unpaired) electrons. The first-order valence-electron chi connectivity index (χ1n) is 9.22. The molecule has 0 bridgehead atoms. The normalized spacial score (nSPS) is 13.6. The van der Waals surface area contributed by atoms with Crippen LogP contribution in [0.2, 0.25) is 0 Å². The first-order valence-corrected chi connectivity index (χ1v) is 10.9. The van der Waals surface area contributed by atoms with Gasteiger partial charge in [0.2, 0.25) is 0 Å². The maximum absolute atomic E-state index is 2.30. The fourth-order valence-electron chi connectivity index (χ4n) is 4.34. The zero-order valence-electron chi connectivity index (χ0n) is 14.6. The number of hydrogen-bond donors (Lipinski definition) is 0. The van der Waals surface area contributed by atoms with E-state index in [0.29, 0.717) is 15.0 Å². The van der Waals surface area contributed by atoms with E-state index in [1.165, 1.54) is 53.5 Å². The van der Waals surface area contributed by atoms with Crippen molar-refractivity contribution >= 4 is 35.0 Å². The Morgan fingerprint density at radius 1 is 0.333 bits per heavy atom. The molecule has 2 aliphatic rings. The van der Waals surface area contributed by atoms with Gasteiger partial charge in [-0.25, -0.2) is 0 Å². The molecule has 0 N–H and O–H groups in total. The summed E-state index contributed by atoms with van der Waals surface area (Å²) >= 11 is 0.356. The minimum absolute atomic E-state index is 0.356. The molecule has 4 aromatic rings. The van der Waals surface area contributed by atoms with Crippen LogP contribution in [0, 0.1) is 0 Å². The molecule has 1 heteroatoms. The average Bonchev–Trinajstić information content (AvgIpc) is 3.06. The Hall–Kier alpha value is -2.86. The third kappa shape index (κ3) is 2.16. The molecule has 0 amide bonds. The molecule has 0 atom stereocenters. The van der Waals surface area contributed by atoms with Crippen LogP contribution in [0.1, 0.15) is 22.3 Å². The van der Waals surface area contributed by atoms with Crippen LogP contribution in [0.4, 0.5) is 0 Å². The first kappa shape index (κ1) is 15.2. The number of fused-ring (bicyclic) bond motifs is 5. The van der Waals surface area contributed by atoms with Gasteiger partial charge in [0.1, 0.15) is 0 Å². The summed E-state index contributed by atoms with van der Waals surface area (Å²) in [5.74, 6) is 0. The van der Waals surface area contributed by atoms with Crippen molar-refractivity contribution in [3.63, 3.8) is 0 Å². The summed E-state index contributed by atoms with van der Waals surface area (Å²) in [6.07, 6.45) is 0. The van der Waals surface area contributed by atoms with Crippen LogP contribution >= 0.6 is 0 Å². The second kappa shape index (κ2) is 5.82. The Morgan fingerprint density at radius 3 is 1.15 bits per heavy atom. The summed E-state index contributed by atoms with van der Waals surface area (Å²) < 4.78 is 2.96. The SMILES string of the molecule is c1ccc2c(c1)[Se]c1ccccc1C2=C1c2ccccc2-c2ccccc21. The predicted molar refractivity (Wildman–Crippen MR) is 115 cm³/mol. The molecule has 0 unspecified atom stereocenters. The molecule has 1 heterocycles. The van der Waals surface area contributed by atoms with E-state index in [4.69, 9.17) is 0 Å². The molecule has 0 saturated carbocycles. The van der Waals surface area contributed by atoms with E-state index in [2.05, 4.69) is 97.1 Å².